The van der Waals surface area contributed by atoms with Crippen molar-refractivity contribution < 1.29 is 0 Å². The maximum atomic E-state index is 3.74. The zero-order valence-electron chi connectivity index (χ0n) is 10.6. The van der Waals surface area contributed by atoms with Gasteiger partial charge in [-0.2, -0.15) is 0 Å². The van der Waals surface area contributed by atoms with Crippen molar-refractivity contribution in [2.45, 2.75) is 53.0 Å². The smallest absolute Gasteiger partial charge is 0.00688 e. The van der Waals surface area contributed by atoms with E-state index in [1.165, 1.54) is 19.4 Å². The van der Waals surface area contributed by atoms with Gasteiger partial charge in [-0.1, -0.05) is 26.8 Å². The van der Waals surface area contributed by atoms with Crippen molar-refractivity contribution in [2.24, 2.45) is 5.41 Å². The van der Waals surface area contributed by atoms with E-state index in [-0.39, 0.29) is 0 Å². The topological polar surface area (TPSA) is 3.24 Å². The van der Waals surface area contributed by atoms with Crippen molar-refractivity contribution in [1.29, 1.82) is 0 Å². The van der Waals surface area contributed by atoms with Crippen LogP contribution in [-0.2, 0) is 0 Å². The fourth-order valence-electron chi connectivity index (χ4n) is 1.75. The number of nitrogens with zero attached hydrogens (tertiary/aromatic N) is 1. The molecule has 0 aromatic heterocycles. The van der Waals surface area contributed by atoms with Gasteiger partial charge in [-0.25, -0.2) is 0 Å². The molecule has 0 spiro atoms. The molecule has 1 unspecified atom stereocenters. The Morgan fingerprint density at radius 2 is 1.93 bits per heavy atom. The highest BCUT2D eigenvalue weighted by Gasteiger charge is 2.17. The fourth-order valence-corrected chi connectivity index (χ4v) is 1.75. The summed E-state index contributed by atoms with van der Waals surface area (Å²) in [4.78, 5) is 2.45. The van der Waals surface area contributed by atoms with Crippen LogP contribution in [-0.4, -0.2) is 24.5 Å². The number of hydrogen-bond acceptors (Lipinski definition) is 1. The molecule has 0 aromatic rings. The largest absolute Gasteiger partial charge is 0.304 e. The third kappa shape index (κ3) is 7.14. The molecule has 0 radical (unpaired) electrons. The Hall–Kier alpha value is -0.300. The van der Waals surface area contributed by atoms with Crippen molar-refractivity contribution in [3.8, 4) is 0 Å². The summed E-state index contributed by atoms with van der Waals surface area (Å²) in [5.41, 5.74) is 0.437. The molecule has 0 bridgehead atoms. The first-order valence-electron chi connectivity index (χ1n) is 5.68. The molecule has 0 aromatic carbocycles. The first-order chi connectivity index (χ1) is 6.37. The van der Waals surface area contributed by atoms with E-state index in [0.29, 0.717) is 11.5 Å². The molecule has 84 valence electrons. The van der Waals surface area contributed by atoms with E-state index in [1.807, 2.05) is 6.08 Å². The summed E-state index contributed by atoms with van der Waals surface area (Å²) in [5.74, 6) is 0. The predicted octanol–water partition coefficient (Wildman–Crippen LogP) is 3.71. The maximum absolute atomic E-state index is 3.74. The van der Waals surface area contributed by atoms with E-state index in [0.717, 1.165) is 6.42 Å². The standard InChI is InChI=1S/C13H27N/c1-7-8-9-10-14(6)12(2)11-13(3,4)5/h7,12H,1,8-11H2,2-6H3. The van der Waals surface area contributed by atoms with Crippen molar-refractivity contribution in [2.75, 3.05) is 13.6 Å². The molecule has 1 heteroatoms. The van der Waals surface area contributed by atoms with Gasteiger partial charge < -0.3 is 4.90 Å². The Morgan fingerprint density at radius 1 is 1.36 bits per heavy atom. The monoisotopic (exact) mass is 197 g/mol. The first kappa shape index (κ1) is 13.7. The molecular weight excluding hydrogens is 170 g/mol. The molecule has 1 atom stereocenters. The Labute approximate surface area is 90.2 Å². The van der Waals surface area contributed by atoms with Crippen LogP contribution in [0.4, 0.5) is 0 Å². The Kier molecular flexibility index (Phi) is 6.10. The zero-order chi connectivity index (χ0) is 11.2. The summed E-state index contributed by atoms with van der Waals surface area (Å²) in [6, 6.07) is 0.680. The van der Waals surface area contributed by atoms with Crippen LogP contribution in [0.3, 0.4) is 0 Å². The van der Waals surface area contributed by atoms with Crippen molar-refractivity contribution in [3.63, 3.8) is 0 Å². The summed E-state index contributed by atoms with van der Waals surface area (Å²) in [6.07, 6.45) is 5.63. The lowest BCUT2D eigenvalue weighted by molar-refractivity contribution is 0.191. The van der Waals surface area contributed by atoms with Gasteiger partial charge in [0.1, 0.15) is 0 Å². The van der Waals surface area contributed by atoms with Crippen LogP contribution in [0, 0.1) is 5.41 Å². The lowest BCUT2D eigenvalue weighted by atomic mass is 9.88. The van der Waals surface area contributed by atoms with Gasteiger partial charge in [-0.05, 0) is 45.2 Å². The second-order valence-electron chi connectivity index (χ2n) is 5.53. The third-order valence-electron chi connectivity index (χ3n) is 2.58. The molecule has 14 heavy (non-hydrogen) atoms. The Morgan fingerprint density at radius 3 is 2.36 bits per heavy atom. The highest BCUT2D eigenvalue weighted by atomic mass is 15.1. The van der Waals surface area contributed by atoms with Gasteiger partial charge in [0.2, 0.25) is 0 Å². The molecule has 0 heterocycles. The quantitative estimate of drug-likeness (QED) is 0.463. The second kappa shape index (κ2) is 6.23. The molecule has 0 aliphatic carbocycles. The maximum Gasteiger partial charge on any atom is 0.00688 e. The predicted molar refractivity (Wildman–Crippen MR) is 65.6 cm³/mol. The summed E-state index contributed by atoms with van der Waals surface area (Å²) < 4.78 is 0. The van der Waals surface area contributed by atoms with Crippen LogP contribution in [0.2, 0.25) is 0 Å². The van der Waals surface area contributed by atoms with Crippen LogP contribution >= 0.6 is 0 Å². The lowest BCUT2D eigenvalue weighted by Crippen LogP contribution is -2.33. The van der Waals surface area contributed by atoms with Gasteiger partial charge in [-0.15, -0.1) is 6.58 Å². The van der Waals surface area contributed by atoms with Crippen molar-refractivity contribution in [1.82, 2.24) is 4.90 Å². The Balaban J connectivity index is 3.75. The highest BCUT2D eigenvalue weighted by Crippen LogP contribution is 2.22. The summed E-state index contributed by atoms with van der Waals surface area (Å²) in [7, 11) is 2.22. The van der Waals surface area contributed by atoms with Crippen LogP contribution in [0.5, 0.6) is 0 Å². The minimum absolute atomic E-state index is 0.437. The number of allylic oxidation sites excluding steroid dienone is 1. The highest BCUT2D eigenvalue weighted by molar-refractivity contribution is 4.73. The molecular formula is C13H27N. The van der Waals surface area contributed by atoms with E-state index in [1.54, 1.807) is 0 Å². The van der Waals surface area contributed by atoms with Gasteiger partial charge in [0, 0.05) is 6.04 Å². The van der Waals surface area contributed by atoms with E-state index in [4.69, 9.17) is 0 Å². The average Bonchev–Trinajstić information content (AvgIpc) is 2.01. The minimum atomic E-state index is 0.437. The van der Waals surface area contributed by atoms with Gasteiger partial charge in [0.25, 0.3) is 0 Å². The molecule has 0 aliphatic heterocycles. The van der Waals surface area contributed by atoms with Gasteiger partial charge in [0.05, 0.1) is 0 Å². The lowest BCUT2D eigenvalue weighted by Gasteiger charge is -2.30. The summed E-state index contributed by atoms with van der Waals surface area (Å²) in [5, 5.41) is 0. The van der Waals surface area contributed by atoms with Crippen LogP contribution in [0.15, 0.2) is 12.7 Å². The second-order valence-corrected chi connectivity index (χ2v) is 5.53. The molecule has 0 saturated carbocycles. The van der Waals surface area contributed by atoms with Gasteiger partial charge in [-0.3, -0.25) is 0 Å². The van der Waals surface area contributed by atoms with E-state index >= 15 is 0 Å². The molecule has 0 rings (SSSR count). The van der Waals surface area contributed by atoms with Gasteiger partial charge in [0.15, 0.2) is 0 Å². The van der Waals surface area contributed by atoms with Gasteiger partial charge >= 0.3 is 0 Å². The summed E-state index contributed by atoms with van der Waals surface area (Å²) in [6.45, 7) is 14.2. The normalized spacial score (nSPS) is 14.4. The van der Waals surface area contributed by atoms with Crippen LogP contribution in [0.25, 0.3) is 0 Å². The molecule has 0 fully saturated rings. The molecule has 0 N–H and O–H groups in total. The molecule has 1 nitrogen and oxygen atoms in total. The van der Waals surface area contributed by atoms with Crippen LogP contribution in [0.1, 0.15) is 47.0 Å². The number of hydrogen-bond donors (Lipinski definition) is 0. The van der Waals surface area contributed by atoms with E-state index in [9.17, 15) is 0 Å². The average molecular weight is 197 g/mol. The first-order valence-corrected chi connectivity index (χ1v) is 5.68. The van der Waals surface area contributed by atoms with Crippen molar-refractivity contribution >= 4 is 0 Å². The SMILES string of the molecule is C=CCCCN(C)C(C)CC(C)(C)C. The van der Waals surface area contributed by atoms with E-state index < -0.39 is 0 Å². The number of unbranched alkanes of at least 4 members (excludes halogenated alkanes) is 1. The van der Waals surface area contributed by atoms with Crippen LogP contribution < -0.4 is 0 Å². The minimum Gasteiger partial charge on any atom is -0.304 e. The van der Waals surface area contributed by atoms with E-state index in [2.05, 4.69) is 46.2 Å². The van der Waals surface area contributed by atoms with Crippen molar-refractivity contribution in [3.05, 3.63) is 12.7 Å². The summed E-state index contributed by atoms with van der Waals surface area (Å²) >= 11 is 0. The molecule has 0 saturated heterocycles. The fraction of sp³-hybridized carbons (Fsp3) is 0.846. The molecule has 0 amide bonds. The zero-order valence-corrected chi connectivity index (χ0v) is 10.6. The third-order valence-corrected chi connectivity index (χ3v) is 2.58. The Bertz CT molecular complexity index is 155. The molecule has 0 aliphatic rings. The number of rotatable bonds is 6.